The lowest BCUT2D eigenvalue weighted by atomic mass is 10.2. The molecule has 1 amide bonds. The second kappa shape index (κ2) is 6.82. The number of nitrogens with one attached hydrogen (secondary N) is 1. The van der Waals surface area contributed by atoms with E-state index < -0.39 is 0 Å². The van der Waals surface area contributed by atoms with Gasteiger partial charge in [-0.3, -0.25) is 4.79 Å². The number of aryl methyl sites for hydroxylation is 1. The summed E-state index contributed by atoms with van der Waals surface area (Å²) >= 11 is 4.92. The Hall–Kier alpha value is -1.20. The van der Waals surface area contributed by atoms with Gasteiger partial charge in [-0.25, -0.2) is 4.39 Å². The molecule has 2 nitrogen and oxygen atoms in total. The maximum atomic E-state index is 13.5. The predicted octanol–water partition coefficient (Wildman–Crippen LogP) is 3.90. The maximum Gasteiger partial charge on any atom is 0.220 e. The van der Waals surface area contributed by atoms with Gasteiger partial charge in [0.1, 0.15) is 5.82 Å². The Labute approximate surface area is 123 Å². The molecule has 1 aromatic heterocycles. The molecular weight excluding hydrogens is 329 g/mol. The van der Waals surface area contributed by atoms with Crippen LogP contribution in [0.5, 0.6) is 0 Å². The van der Waals surface area contributed by atoms with E-state index in [2.05, 4.69) is 21.2 Å². The lowest BCUT2D eigenvalue weighted by Gasteiger charge is -2.06. The zero-order valence-electron chi connectivity index (χ0n) is 10.2. The van der Waals surface area contributed by atoms with Gasteiger partial charge in [0.05, 0.1) is 0 Å². The first kappa shape index (κ1) is 14.2. The fourth-order valence-corrected chi connectivity index (χ4v) is 2.77. The number of amides is 1. The fraction of sp³-hybridized carbons (Fsp3) is 0.214. The van der Waals surface area contributed by atoms with E-state index in [1.165, 1.54) is 10.9 Å². The topological polar surface area (TPSA) is 29.1 Å². The minimum absolute atomic E-state index is 0.0622. The van der Waals surface area contributed by atoms with E-state index in [9.17, 15) is 9.18 Å². The summed E-state index contributed by atoms with van der Waals surface area (Å²) in [5.74, 6) is -0.366. The second-order valence-corrected chi connectivity index (χ2v) is 6.04. The monoisotopic (exact) mass is 341 g/mol. The molecule has 100 valence electrons. The smallest absolute Gasteiger partial charge is 0.220 e. The molecular formula is C14H13BrFNOS. The van der Waals surface area contributed by atoms with Crippen LogP contribution in [0.25, 0.3) is 0 Å². The molecule has 0 aliphatic rings. The van der Waals surface area contributed by atoms with E-state index in [1.54, 1.807) is 23.5 Å². The van der Waals surface area contributed by atoms with Crippen LogP contribution in [0.4, 0.5) is 4.39 Å². The molecule has 19 heavy (non-hydrogen) atoms. The third-order valence-electron chi connectivity index (χ3n) is 2.66. The predicted molar refractivity (Wildman–Crippen MR) is 78.6 cm³/mol. The summed E-state index contributed by atoms with van der Waals surface area (Å²) in [6.45, 7) is 0.217. The highest BCUT2D eigenvalue weighted by molar-refractivity contribution is 9.10. The molecule has 5 heteroatoms. The van der Waals surface area contributed by atoms with Gasteiger partial charge >= 0.3 is 0 Å². The van der Waals surface area contributed by atoms with Gasteiger partial charge in [0.2, 0.25) is 5.91 Å². The molecule has 1 heterocycles. The molecule has 0 aliphatic carbocycles. The van der Waals surface area contributed by atoms with Crippen molar-refractivity contribution in [3.8, 4) is 0 Å². The summed E-state index contributed by atoms with van der Waals surface area (Å²) in [6, 6.07) is 8.67. The summed E-state index contributed by atoms with van der Waals surface area (Å²) in [4.78, 5) is 12.9. The van der Waals surface area contributed by atoms with E-state index in [0.717, 1.165) is 10.9 Å². The van der Waals surface area contributed by atoms with E-state index in [0.29, 0.717) is 12.0 Å². The first-order valence-electron chi connectivity index (χ1n) is 5.88. The van der Waals surface area contributed by atoms with Crippen molar-refractivity contribution in [1.82, 2.24) is 5.32 Å². The lowest BCUT2D eigenvalue weighted by Crippen LogP contribution is -2.23. The van der Waals surface area contributed by atoms with Crippen molar-refractivity contribution in [2.45, 2.75) is 19.4 Å². The Bertz CT molecular complexity index is 557. The number of rotatable bonds is 5. The van der Waals surface area contributed by atoms with Crippen LogP contribution in [-0.2, 0) is 17.8 Å². The second-order valence-electron chi connectivity index (χ2n) is 4.09. The molecule has 1 aromatic carbocycles. The summed E-state index contributed by atoms with van der Waals surface area (Å²) in [6.07, 6.45) is 1.15. The minimum Gasteiger partial charge on any atom is -0.352 e. The molecule has 0 radical (unpaired) electrons. The molecule has 0 unspecified atom stereocenters. The summed E-state index contributed by atoms with van der Waals surface area (Å²) < 4.78 is 14.3. The van der Waals surface area contributed by atoms with Crippen LogP contribution >= 0.6 is 27.3 Å². The summed E-state index contributed by atoms with van der Waals surface area (Å²) in [7, 11) is 0. The summed E-state index contributed by atoms with van der Waals surface area (Å²) in [5, 5.41) is 4.72. The molecule has 1 N–H and O–H groups in total. The molecule has 0 fully saturated rings. The molecule has 0 saturated carbocycles. The normalized spacial score (nSPS) is 10.4. The van der Waals surface area contributed by atoms with Crippen molar-refractivity contribution < 1.29 is 9.18 Å². The van der Waals surface area contributed by atoms with Crippen molar-refractivity contribution in [2.24, 2.45) is 0 Å². The van der Waals surface area contributed by atoms with Crippen molar-refractivity contribution in [3.05, 3.63) is 56.4 Å². The number of hydrogen-bond acceptors (Lipinski definition) is 2. The van der Waals surface area contributed by atoms with E-state index in [-0.39, 0.29) is 18.3 Å². The van der Waals surface area contributed by atoms with Crippen molar-refractivity contribution in [2.75, 3.05) is 0 Å². The van der Waals surface area contributed by atoms with Gasteiger partial charge in [-0.2, -0.15) is 0 Å². The quantitative estimate of drug-likeness (QED) is 0.877. The van der Waals surface area contributed by atoms with E-state index >= 15 is 0 Å². The van der Waals surface area contributed by atoms with Crippen LogP contribution in [0.2, 0.25) is 0 Å². The Morgan fingerprint density at radius 1 is 1.37 bits per heavy atom. The van der Waals surface area contributed by atoms with E-state index in [4.69, 9.17) is 0 Å². The first-order valence-corrected chi connectivity index (χ1v) is 7.55. The average molecular weight is 342 g/mol. The third-order valence-corrected chi connectivity index (χ3v) is 4.09. The third kappa shape index (κ3) is 4.44. The number of carbonyl (C=O) groups is 1. The highest BCUT2D eigenvalue weighted by atomic mass is 79.9. The van der Waals surface area contributed by atoms with Crippen LogP contribution in [0.1, 0.15) is 16.9 Å². The number of carbonyl (C=O) groups excluding carboxylic acids is 1. The largest absolute Gasteiger partial charge is 0.352 e. The SMILES string of the molecule is O=C(CCc1cccs1)NCc1cc(Br)ccc1F. The number of benzene rings is 1. The zero-order valence-corrected chi connectivity index (χ0v) is 12.6. The Kier molecular flexibility index (Phi) is 5.10. The number of thiophene rings is 1. The summed E-state index contributed by atoms with van der Waals surface area (Å²) in [5.41, 5.74) is 0.485. The molecule has 0 bridgehead atoms. The van der Waals surface area contributed by atoms with Crippen LogP contribution < -0.4 is 5.32 Å². The van der Waals surface area contributed by atoms with Gasteiger partial charge in [0, 0.05) is 27.9 Å². The van der Waals surface area contributed by atoms with Gasteiger partial charge in [0.25, 0.3) is 0 Å². The Morgan fingerprint density at radius 2 is 2.21 bits per heavy atom. The van der Waals surface area contributed by atoms with Gasteiger partial charge in [0.15, 0.2) is 0 Å². The van der Waals surface area contributed by atoms with Crippen molar-refractivity contribution in [1.29, 1.82) is 0 Å². The number of hydrogen-bond donors (Lipinski definition) is 1. The minimum atomic E-state index is -0.304. The van der Waals surface area contributed by atoms with Gasteiger partial charge < -0.3 is 5.32 Å². The molecule has 0 spiro atoms. The molecule has 2 aromatic rings. The van der Waals surface area contributed by atoms with Crippen molar-refractivity contribution >= 4 is 33.2 Å². The molecule has 0 atom stereocenters. The fourth-order valence-electron chi connectivity index (χ4n) is 1.65. The Morgan fingerprint density at radius 3 is 2.95 bits per heavy atom. The van der Waals surface area contributed by atoms with Crippen LogP contribution in [0.3, 0.4) is 0 Å². The van der Waals surface area contributed by atoms with Crippen LogP contribution in [-0.4, -0.2) is 5.91 Å². The lowest BCUT2D eigenvalue weighted by molar-refractivity contribution is -0.121. The van der Waals surface area contributed by atoms with Crippen LogP contribution in [0, 0.1) is 5.82 Å². The highest BCUT2D eigenvalue weighted by Crippen LogP contribution is 2.15. The first-order chi connectivity index (χ1) is 9.15. The molecule has 0 saturated heterocycles. The standard InChI is InChI=1S/C14H13BrFNOS/c15-11-3-5-13(16)10(8-11)9-17-14(18)6-4-12-2-1-7-19-12/h1-3,5,7-8H,4,6,9H2,(H,17,18). The molecule has 2 rings (SSSR count). The Balaban J connectivity index is 1.81. The van der Waals surface area contributed by atoms with Crippen LogP contribution in [0.15, 0.2) is 40.2 Å². The maximum absolute atomic E-state index is 13.5. The van der Waals surface area contributed by atoms with Gasteiger partial charge in [-0.05, 0) is 36.1 Å². The number of halogens is 2. The van der Waals surface area contributed by atoms with E-state index in [1.807, 2.05) is 17.5 Å². The van der Waals surface area contributed by atoms with Crippen molar-refractivity contribution in [3.63, 3.8) is 0 Å². The zero-order chi connectivity index (χ0) is 13.7. The average Bonchev–Trinajstić information content (AvgIpc) is 2.90. The highest BCUT2D eigenvalue weighted by Gasteiger charge is 2.06. The molecule has 0 aliphatic heterocycles. The van der Waals surface area contributed by atoms with Gasteiger partial charge in [-0.15, -0.1) is 11.3 Å². The van der Waals surface area contributed by atoms with Gasteiger partial charge in [-0.1, -0.05) is 22.0 Å².